The van der Waals surface area contributed by atoms with Crippen molar-refractivity contribution in [3.63, 3.8) is 0 Å². The van der Waals surface area contributed by atoms with E-state index in [1.165, 1.54) is 6.08 Å². The zero-order chi connectivity index (χ0) is 19.2. The summed E-state index contributed by atoms with van der Waals surface area (Å²) in [6.45, 7) is 4.43. The molecule has 0 saturated heterocycles. The molecule has 0 bridgehead atoms. The average molecular weight is 443 g/mol. The third-order valence-corrected chi connectivity index (χ3v) is 5.22. The van der Waals surface area contributed by atoms with E-state index in [2.05, 4.69) is 26.2 Å². The summed E-state index contributed by atoms with van der Waals surface area (Å²) in [5.74, 6) is 0.588. The van der Waals surface area contributed by atoms with Crippen LogP contribution in [-0.2, 0) is 11.4 Å². The van der Waals surface area contributed by atoms with Crippen LogP contribution in [0.3, 0.4) is 0 Å². The van der Waals surface area contributed by atoms with E-state index in [1.54, 1.807) is 17.4 Å². The van der Waals surface area contributed by atoms with Gasteiger partial charge in [-0.25, -0.2) is 4.98 Å². The van der Waals surface area contributed by atoms with Gasteiger partial charge in [-0.3, -0.25) is 4.79 Å². The molecule has 0 radical (unpaired) electrons. The zero-order valence-corrected chi connectivity index (χ0v) is 17.4. The summed E-state index contributed by atoms with van der Waals surface area (Å²) >= 11 is 5.07. The molecular weight excluding hydrogens is 424 g/mol. The van der Waals surface area contributed by atoms with Crippen molar-refractivity contribution >= 4 is 44.9 Å². The highest BCUT2D eigenvalue weighted by Gasteiger charge is 2.03. The average Bonchev–Trinajstić information content (AvgIpc) is 3.07. The molecule has 0 spiro atoms. The number of ether oxygens (including phenoxy) is 1. The van der Waals surface area contributed by atoms with E-state index in [0.717, 1.165) is 37.7 Å². The molecule has 1 N–H and O–H groups in total. The number of carbonyl (C=O) groups is 1. The molecule has 1 amide bonds. The lowest BCUT2D eigenvalue weighted by molar-refractivity contribution is -0.111. The second-order valence-electron chi connectivity index (χ2n) is 6.02. The molecule has 0 aliphatic carbocycles. The van der Waals surface area contributed by atoms with Crippen LogP contribution in [0.5, 0.6) is 5.75 Å². The molecule has 0 aliphatic heterocycles. The van der Waals surface area contributed by atoms with Gasteiger partial charge in [0, 0.05) is 15.9 Å². The Labute approximate surface area is 171 Å². The Kier molecular flexibility index (Phi) is 6.42. The van der Waals surface area contributed by atoms with Crippen molar-refractivity contribution in [2.75, 3.05) is 5.32 Å². The summed E-state index contributed by atoms with van der Waals surface area (Å²) in [5.41, 5.74) is 3.73. The minimum Gasteiger partial charge on any atom is -0.487 e. The first-order chi connectivity index (χ1) is 13.0. The molecule has 2 aromatic carbocycles. The number of carbonyl (C=O) groups excluding carboxylic acids is 1. The van der Waals surface area contributed by atoms with E-state index in [4.69, 9.17) is 4.74 Å². The number of benzene rings is 2. The molecule has 138 valence electrons. The number of amides is 1. The van der Waals surface area contributed by atoms with Gasteiger partial charge in [-0.05, 0) is 71.2 Å². The molecule has 6 heteroatoms. The second-order valence-corrected chi connectivity index (χ2v) is 7.94. The molecule has 3 aromatic rings. The Balaban J connectivity index is 1.54. The van der Waals surface area contributed by atoms with Crippen LogP contribution in [0.25, 0.3) is 6.08 Å². The molecule has 0 atom stereocenters. The summed E-state index contributed by atoms with van der Waals surface area (Å²) in [6.07, 6.45) is 3.28. The van der Waals surface area contributed by atoms with Gasteiger partial charge < -0.3 is 10.1 Å². The van der Waals surface area contributed by atoms with Crippen LogP contribution in [0.4, 0.5) is 5.69 Å². The van der Waals surface area contributed by atoms with E-state index in [-0.39, 0.29) is 5.91 Å². The summed E-state index contributed by atoms with van der Waals surface area (Å²) in [5, 5.41) is 5.89. The van der Waals surface area contributed by atoms with Crippen molar-refractivity contribution in [1.82, 2.24) is 4.98 Å². The molecule has 0 saturated carbocycles. The maximum atomic E-state index is 12.1. The molecule has 27 heavy (non-hydrogen) atoms. The fraction of sp³-hybridized carbons (Fsp3) is 0.143. The fourth-order valence-electron chi connectivity index (χ4n) is 2.37. The topological polar surface area (TPSA) is 51.2 Å². The lowest BCUT2D eigenvalue weighted by Crippen LogP contribution is -2.08. The molecule has 1 heterocycles. The van der Waals surface area contributed by atoms with Gasteiger partial charge in [0.15, 0.2) is 0 Å². The minimum atomic E-state index is -0.182. The molecular formula is C21H19BrN2O2S. The van der Waals surface area contributed by atoms with Gasteiger partial charge in [-0.15, -0.1) is 11.3 Å². The highest BCUT2D eigenvalue weighted by atomic mass is 79.9. The number of hydrogen-bond donors (Lipinski definition) is 1. The van der Waals surface area contributed by atoms with Gasteiger partial charge >= 0.3 is 0 Å². The predicted molar refractivity (Wildman–Crippen MR) is 114 cm³/mol. The number of hydrogen-bond acceptors (Lipinski definition) is 4. The fourth-order valence-corrected chi connectivity index (χ4v) is 3.56. The smallest absolute Gasteiger partial charge is 0.248 e. The summed E-state index contributed by atoms with van der Waals surface area (Å²) < 4.78 is 6.59. The van der Waals surface area contributed by atoms with Gasteiger partial charge in [0.25, 0.3) is 0 Å². The first-order valence-corrected chi connectivity index (χ1v) is 10.1. The predicted octanol–water partition coefficient (Wildman–Crippen LogP) is 5.75. The summed E-state index contributed by atoms with van der Waals surface area (Å²) in [4.78, 5) is 16.5. The molecule has 0 aliphatic rings. The second kappa shape index (κ2) is 8.97. The Morgan fingerprint density at radius 3 is 2.67 bits per heavy atom. The van der Waals surface area contributed by atoms with E-state index in [0.29, 0.717) is 6.61 Å². The van der Waals surface area contributed by atoms with Gasteiger partial charge in [0.05, 0.1) is 16.4 Å². The Bertz CT molecular complexity index is 965. The summed E-state index contributed by atoms with van der Waals surface area (Å²) in [6, 6.07) is 13.4. The molecule has 4 nitrogen and oxygen atoms in total. The molecule has 0 unspecified atom stereocenters. The molecule has 3 rings (SSSR count). The SMILES string of the molecule is Cc1ccc(NC(=O)/C=C/c2ccc(OCc3csc(C)n3)cc2)c(Br)c1. The van der Waals surface area contributed by atoms with Gasteiger partial charge in [0.2, 0.25) is 5.91 Å². The van der Waals surface area contributed by atoms with E-state index in [1.807, 2.05) is 61.7 Å². The first-order valence-electron chi connectivity index (χ1n) is 8.39. The monoisotopic (exact) mass is 442 g/mol. The molecule has 1 aromatic heterocycles. The minimum absolute atomic E-state index is 0.182. The van der Waals surface area contributed by atoms with Crippen molar-refractivity contribution in [3.05, 3.63) is 80.2 Å². The van der Waals surface area contributed by atoms with Gasteiger partial charge in [-0.2, -0.15) is 0 Å². The third kappa shape index (κ3) is 5.77. The number of thiazole rings is 1. The van der Waals surface area contributed by atoms with E-state index >= 15 is 0 Å². The quantitative estimate of drug-likeness (QED) is 0.494. The number of anilines is 1. The van der Waals surface area contributed by atoms with Crippen LogP contribution in [0.2, 0.25) is 0 Å². The van der Waals surface area contributed by atoms with Crippen LogP contribution < -0.4 is 10.1 Å². The Morgan fingerprint density at radius 2 is 2.00 bits per heavy atom. The summed E-state index contributed by atoms with van der Waals surface area (Å²) in [7, 11) is 0. The van der Waals surface area contributed by atoms with Crippen LogP contribution in [0.1, 0.15) is 21.8 Å². The Morgan fingerprint density at radius 1 is 1.22 bits per heavy atom. The van der Waals surface area contributed by atoms with Crippen LogP contribution in [0.15, 0.2) is 58.4 Å². The van der Waals surface area contributed by atoms with Crippen molar-refractivity contribution in [2.45, 2.75) is 20.5 Å². The van der Waals surface area contributed by atoms with E-state index < -0.39 is 0 Å². The van der Waals surface area contributed by atoms with Crippen LogP contribution in [-0.4, -0.2) is 10.9 Å². The number of aromatic nitrogens is 1. The first kappa shape index (κ1) is 19.3. The zero-order valence-electron chi connectivity index (χ0n) is 15.0. The maximum Gasteiger partial charge on any atom is 0.248 e. The lowest BCUT2D eigenvalue weighted by atomic mass is 10.2. The van der Waals surface area contributed by atoms with E-state index in [9.17, 15) is 4.79 Å². The van der Waals surface area contributed by atoms with Crippen molar-refractivity contribution < 1.29 is 9.53 Å². The van der Waals surface area contributed by atoms with Crippen LogP contribution >= 0.6 is 27.3 Å². The molecule has 0 fully saturated rings. The number of halogens is 1. The Hall–Kier alpha value is -2.44. The number of nitrogens with one attached hydrogen (secondary N) is 1. The maximum absolute atomic E-state index is 12.1. The number of nitrogens with zero attached hydrogens (tertiary/aromatic N) is 1. The van der Waals surface area contributed by atoms with Crippen molar-refractivity contribution in [1.29, 1.82) is 0 Å². The van der Waals surface area contributed by atoms with Crippen molar-refractivity contribution in [2.24, 2.45) is 0 Å². The highest BCUT2D eigenvalue weighted by molar-refractivity contribution is 9.10. The van der Waals surface area contributed by atoms with Crippen molar-refractivity contribution in [3.8, 4) is 5.75 Å². The standard InChI is InChI=1S/C21H19BrN2O2S/c1-14-3-9-20(19(22)11-14)24-21(25)10-6-16-4-7-18(8-5-16)26-12-17-13-27-15(2)23-17/h3-11,13H,12H2,1-2H3,(H,24,25)/b10-6+. The van der Waals surface area contributed by atoms with Gasteiger partial charge in [-0.1, -0.05) is 18.2 Å². The number of aryl methyl sites for hydroxylation is 2. The normalized spacial score (nSPS) is 10.9. The largest absolute Gasteiger partial charge is 0.487 e. The third-order valence-electron chi connectivity index (χ3n) is 3.74. The highest BCUT2D eigenvalue weighted by Crippen LogP contribution is 2.23. The van der Waals surface area contributed by atoms with Gasteiger partial charge in [0.1, 0.15) is 12.4 Å². The van der Waals surface area contributed by atoms with Crippen LogP contribution in [0, 0.1) is 13.8 Å². The number of rotatable bonds is 6. The lowest BCUT2D eigenvalue weighted by Gasteiger charge is -2.06.